The maximum absolute atomic E-state index is 11.2. The summed E-state index contributed by atoms with van der Waals surface area (Å²) in [6.07, 6.45) is 1.05. The van der Waals surface area contributed by atoms with Crippen LogP contribution < -0.4 is 16.2 Å². The first-order valence-corrected chi connectivity index (χ1v) is 6.31. The van der Waals surface area contributed by atoms with Crippen molar-refractivity contribution in [1.82, 2.24) is 9.97 Å². The summed E-state index contributed by atoms with van der Waals surface area (Å²) < 4.78 is 0. The number of rotatable bonds is 3. The zero-order valence-electron chi connectivity index (χ0n) is 11.5. The fourth-order valence-corrected chi connectivity index (χ4v) is 2.25. The van der Waals surface area contributed by atoms with Crippen LogP contribution in [0.1, 0.15) is 25.5 Å². The predicted molar refractivity (Wildman–Crippen MR) is 73.3 cm³/mol. The molecule has 2 rings (SSSR count). The normalized spacial score (nSPS) is 17.9. The molecule has 110 valence electrons. The molecule has 0 saturated carbocycles. The van der Waals surface area contributed by atoms with Crippen molar-refractivity contribution in [2.75, 3.05) is 23.4 Å². The van der Waals surface area contributed by atoms with Gasteiger partial charge in [-0.3, -0.25) is 15.5 Å². The van der Waals surface area contributed by atoms with Crippen LogP contribution in [-0.2, 0) is 0 Å². The molecule has 0 spiro atoms. The van der Waals surface area contributed by atoms with Crippen molar-refractivity contribution in [3.63, 3.8) is 0 Å². The third-order valence-corrected chi connectivity index (χ3v) is 3.49. The molecule has 2 heterocycles. The molecular formula is C11H18N6O3. The molecular weight excluding hydrogens is 264 g/mol. The second-order valence-electron chi connectivity index (χ2n) is 5.19. The van der Waals surface area contributed by atoms with Crippen LogP contribution in [-0.4, -0.2) is 38.7 Å². The quantitative estimate of drug-likeness (QED) is 0.410. The second-order valence-corrected chi connectivity index (χ2v) is 5.19. The lowest BCUT2D eigenvalue weighted by molar-refractivity contribution is -0.385. The SMILES string of the molecule is Cc1nc(NN)nc(N2CCC(C)(O)CC2)c1[N+](=O)[O-]. The van der Waals surface area contributed by atoms with E-state index in [1.807, 2.05) is 0 Å². The van der Waals surface area contributed by atoms with Crippen molar-refractivity contribution in [2.45, 2.75) is 32.3 Å². The maximum atomic E-state index is 11.2. The highest BCUT2D eigenvalue weighted by atomic mass is 16.6. The fourth-order valence-electron chi connectivity index (χ4n) is 2.25. The number of aromatic nitrogens is 2. The minimum Gasteiger partial charge on any atom is -0.390 e. The number of hydrogen-bond donors (Lipinski definition) is 3. The van der Waals surface area contributed by atoms with Crippen LogP contribution in [0.25, 0.3) is 0 Å². The number of piperidine rings is 1. The van der Waals surface area contributed by atoms with Crippen LogP contribution in [0.3, 0.4) is 0 Å². The number of nitrogen functional groups attached to an aromatic ring is 1. The Morgan fingerprint density at radius 2 is 2.05 bits per heavy atom. The number of nitrogens with zero attached hydrogens (tertiary/aromatic N) is 4. The van der Waals surface area contributed by atoms with Crippen LogP contribution in [0.2, 0.25) is 0 Å². The molecule has 9 heteroatoms. The molecule has 0 aliphatic carbocycles. The molecule has 0 amide bonds. The van der Waals surface area contributed by atoms with E-state index in [1.165, 1.54) is 0 Å². The minimum absolute atomic E-state index is 0.120. The van der Waals surface area contributed by atoms with E-state index in [1.54, 1.807) is 18.7 Å². The fraction of sp³-hybridized carbons (Fsp3) is 0.636. The number of nitrogens with two attached hydrogens (primary N) is 1. The van der Waals surface area contributed by atoms with E-state index in [-0.39, 0.29) is 23.1 Å². The number of anilines is 2. The Kier molecular flexibility index (Phi) is 3.73. The molecule has 9 nitrogen and oxygen atoms in total. The third-order valence-electron chi connectivity index (χ3n) is 3.49. The molecule has 1 saturated heterocycles. The number of nitrogens with one attached hydrogen (secondary N) is 1. The van der Waals surface area contributed by atoms with Gasteiger partial charge in [-0.1, -0.05) is 0 Å². The molecule has 1 aliphatic rings. The van der Waals surface area contributed by atoms with Gasteiger partial charge in [0.2, 0.25) is 11.8 Å². The minimum atomic E-state index is -0.734. The zero-order chi connectivity index (χ0) is 14.9. The highest BCUT2D eigenvalue weighted by Crippen LogP contribution is 2.33. The van der Waals surface area contributed by atoms with E-state index in [9.17, 15) is 15.2 Å². The summed E-state index contributed by atoms with van der Waals surface area (Å²) in [5.74, 6) is 5.66. The maximum Gasteiger partial charge on any atom is 0.332 e. The van der Waals surface area contributed by atoms with E-state index >= 15 is 0 Å². The molecule has 4 N–H and O–H groups in total. The molecule has 1 aromatic rings. The summed E-state index contributed by atoms with van der Waals surface area (Å²) in [4.78, 5) is 20.5. The first-order valence-electron chi connectivity index (χ1n) is 6.31. The van der Waals surface area contributed by atoms with Crippen molar-refractivity contribution in [1.29, 1.82) is 0 Å². The largest absolute Gasteiger partial charge is 0.390 e. The average molecular weight is 282 g/mol. The lowest BCUT2D eigenvalue weighted by Gasteiger charge is -2.36. The Balaban J connectivity index is 2.39. The van der Waals surface area contributed by atoms with Crippen molar-refractivity contribution in [3.8, 4) is 0 Å². The Bertz CT molecular complexity index is 523. The van der Waals surface area contributed by atoms with Crippen LogP contribution in [0.4, 0.5) is 17.5 Å². The first kappa shape index (κ1) is 14.4. The zero-order valence-corrected chi connectivity index (χ0v) is 11.5. The summed E-state index contributed by atoms with van der Waals surface area (Å²) >= 11 is 0. The monoisotopic (exact) mass is 282 g/mol. The van der Waals surface area contributed by atoms with Gasteiger partial charge in [-0.15, -0.1) is 0 Å². The van der Waals surface area contributed by atoms with Gasteiger partial charge in [0.15, 0.2) is 0 Å². The number of aliphatic hydroxyl groups is 1. The van der Waals surface area contributed by atoms with Gasteiger partial charge < -0.3 is 10.0 Å². The van der Waals surface area contributed by atoms with Crippen molar-refractivity contribution in [3.05, 3.63) is 15.8 Å². The van der Waals surface area contributed by atoms with Crippen molar-refractivity contribution >= 4 is 17.5 Å². The summed E-state index contributed by atoms with van der Waals surface area (Å²) in [7, 11) is 0. The van der Waals surface area contributed by atoms with Gasteiger partial charge in [-0.25, -0.2) is 10.8 Å². The van der Waals surface area contributed by atoms with Crippen LogP contribution in [0.15, 0.2) is 0 Å². The predicted octanol–water partition coefficient (Wildman–Crippen LogP) is 0.330. The van der Waals surface area contributed by atoms with Crippen LogP contribution in [0.5, 0.6) is 0 Å². The van der Waals surface area contributed by atoms with E-state index < -0.39 is 10.5 Å². The second kappa shape index (κ2) is 5.17. The van der Waals surface area contributed by atoms with Crippen molar-refractivity contribution < 1.29 is 10.0 Å². The van der Waals surface area contributed by atoms with Gasteiger partial charge in [-0.2, -0.15) is 4.98 Å². The molecule has 0 bridgehead atoms. The van der Waals surface area contributed by atoms with E-state index in [0.717, 1.165) is 0 Å². The molecule has 0 atom stereocenters. The molecule has 20 heavy (non-hydrogen) atoms. The van der Waals surface area contributed by atoms with Gasteiger partial charge in [-0.05, 0) is 26.7 Å². The molecule has 1 aliphatic heterocycles. The summed E-state index contributed by atoms with van der Waals surface area (Å²) in [6, 6.07) is 0. The highest BCUT2D eigenvalue weighted by molar-refractivity contribution is 5.62. The smallest absolute Gasteiger partial charge is 0.332 e. The summed E-state index contributed by atoms with van der Waals surface area (Å²) in [6.45, 7) is 4.30. The van der Waals surface area contributed by atoms with E-state index in [0.29, 0.717) is 25.9 Å². The Labute approximate surface area is 115 Å². The van der Waals surface area contributed by atoms with Crippen molar-refractivity contribution in [2.24, 2.45) is 5.84 Å². The van der Waals surface area contributed by atoms with Gasteiger partial charge >= 0.3 is 5.69 Å². The number of aryl methyl sites for hydroxylation is 1. The summed E-state index contributed by atoms with van der Waals surface area (Å²) in [5.41, 5.74) is 1.71. The molecule has 1 aromatic heterocycles. The molecule has 1 fully saturated rings. The van der Waals surface area contributed by atoms with E-state index in [2.05, 4.69) is 15.4 Å². The molecule has 0 radical (unpaired) electrons. The first-order chi connectivity index (χ1) is 9.34. The Morgan fingerprint density at radius 3 is 2.55 bits per heavy atom. The third kappa shape index (κ3) is 2.78. The summed E-state index contributed by atoms with van der Waals surface area (Å²) in [5, 5.41) is 21.2. The average Bonchev–Trinajstić information content (AvgIpc) is 2.37. The van der Waals surface area contributed by atoms with Crippen LogP contribution in [0, 0.1) is 17.0 Å². The van der Waals surface area contributed by atoms with Gasteiger partial charge in [0.05, 0.1) is 10.5 Å². The standard InChI is InChI=1S/C11H18N6O3/c1-7-8(17(19)20)9(14-10(13-7)15-12)16-5-3-11(2,18)4-6-16/h18H,3-6,12H2,1-2H3,(H,13,14,15). The van der Waals surface area contributed by atoms with Gasteiger partial charge in [0.25, 0.3) is 0 Å². The van der Waals surface area contributed by atoms with E-state index in [4.69, 9.17) is 5.84 Å². The highest BCUT2D eigenvalue weighted by Gasteiger charge is 2.32. The van der Waals surface area contributed by atoms with Crippen LogP contribution >= 0.6 is 0 Å². The van der Waals surface area contributed by atoms with Gasteiger partial charge in [0.1, 0.15) is 5.69 Å². The Morgan fingerprint density at radius 1 is 1.45 bits per heavy atom. The number of hydrogen-bond acceptors (Lipinski definition) is 8. The van der Waals surface area contributed by atoms with Gasteiger partial charge in [0, 0.05) is 13.1 Å². The lowest BCUT2D eigenvalue weighted by Crippen LogP contribution is -2.43. The Hall–Kier alpha value is -2.00. The molecule has 0 aromatic carbocycles. The number of hydrazine groups is 1. The molecule has 0 unspecified atom stereocenters. The topological polar surface area (TPSA) is 130 Å². The number of nitro groups is 1. The lowest BCUT2D eigenvalue weighted by atomic mass is 9.94.